The fraction of sp³-hybridized carbons (Fsp3) is 0.286. The second kappa shape index (κ2) is 9.10. The van der Waals surface area contributed by atoms with Gasteiger partial charge in [-0.3, -0.25) is 4.79 Å². The molecular weight excluding hydrogens is 395 g/mol. The minimum atomic E-state index is -0.351. The molecule has 2 aromatic carbocycles. The standard InChI is InChI=1S/C21H22BrFN2O/c22-19-8-9-20(23)16(13-19)7-10-21(26)24-14-17-5-1-2-6-18(17)15-25-11-3-4-12-25/h1-2,5-10,13H,3-4,11-12,14-15H2,(H,24,26)/p+1/b10-7+. The van der Waals surface area contributed by atoms with Crippen LogP contribution in [0.2, 0.25) is 0 Å². The number of quaternary nitrogens is 1. The van der Waals surface area contributed by atoms with Crippen molar-refractivity contribution in [1.82, 2.24) is 5.32 Å². The molecule has 3 nitrogen and oxygen atoms in total. The van der Waals surface area contributed by atoms with E-state index in [1.165, 1.54) is 49.7 Å². The van der Waals surface area contributed by atoms with Gasteiger partial charge in [0.15, 0.2) is 0 Å². The molecular formula is C21H23BrFN2O+. The number of benzene rings is 2. The van der Waals surface area contributed by atoms with Crippen molar-refractivity contribution in [2.24, 2.45) is 0 Å². The number of halogens is 2. The van der Waals surface area contributed by atoms with Gasteiger partial charge in [-0.25, -0.2) is 4.39 Å². The average molecular weight is 418 g/mol. The number of carbonyl (C=O) groups is 1. The molecule has 0 bridgehead atoms. The first-order chi connectivity index (χ1) is 12.6. The molecule has 2 N–H and O–H groups in total. The summed E-state index contributed by atoms with van der Waals surface area (Å²) < 4.78 is 14.5. The van der Waals surface area contributed by atoms with E-state index in [-0.39, 0.29) is 11.7 Å². The van der Waals surface area contributed by atoms with E-state index in [4.69, 9.17) is 0 Å². The molecule has 2 aromatic rings. The normalized spacial score (nSPS) is 14.8. The summed E-state index contributed by atoms with van der Waals surface area (Å²) >= 11 is 3.31. The third kappa shape index (κ3) is 5.26. The van der Waals surface area contributed by atoms with Gasteiger partial charge < -0.3 is 10.2 Å². The van der Waals surface area contributed by atoms with E-state index in [9.17, 15) is 9.18 Å². The third-order valence-corrected chi connectivity index (χ3v) is 5.19. The van der Waals surface area contributed by atoms with Crippen molar-refractivity contribution in [3.05, 3.63) is 75.5 Å². The number of hydrogen-bond acceptors (Lipinski definition) is 1. The molecule has 0 radical (unpaired) electrons. The minimum Gasteiger partial charge on any atom is -0.348 e. The zero-order valence-corrected chi connectivity index (χ0v) is 16.2. The molecule has 1 amide bonds. The van der Waals surface area contributed by atoms with Gasteiger partial charge >= 0.3 is 0 Å². The van der Waals surface area contributed by atoms with Gasteiger partial charge in [-0.15, -0.1) is 0 Å². The van der Waals surface area contributed by atoms with E-state index < -0.39 is 0 Å². The molecule has 1 saturated heterocycles. The van der Waals surface area contributed by atoms with E-state index in [1.54, 1.807) is 17.0 Å². The summed E-state index contributed by atoms with van der Waals surface area (Å²) in [5.41, 5.74) is 2.81. The molecule has 0 unspecified atom stereocenters. The van der Waals surface area contributed by atoms with Crippen LogP contribution in [0.4, 0.5) is 4.39 Å². The molecule has 0 aromatic heterocycles. The van der Waals surface area contributed by atoms with Crippen LogP contribution in [0, 0.1) is 5.82 Å². The molecule has 136 valence electrons. The maximum atomic E-state index is 13.7. The molecule has 0 atom stereocenters. The second-order valence-corrected chi connectivity index (χ2v) is 7.54. The lowest BCUT2D eigenvalue weighted by molar-refractivity contribution is -0.901. The van der Waals surface area contributed by atoms with Gasteiger partial charge in [0.25, 0.3) is 0 Å². The molecule has 1 heterocycles. The van der Waals surface area contributed by atoms with Crippen LogP contribution in [0.25, 0.3) is 6.08 Å². The Morgan fingerprint density at radius 1 is 1.15 bits per heavy atom. The van der Waals surface area contributed by atoms with E-state index in [0.29, 0.717) is 12.1 Å². The SMILES string of the molecule is O=C(/C=C/c1cc(Br)ccc1F)NCc1ccccc1C[NH+]1CCCC1. The number of amides is 1. The van der Waals surface area contributed by atoms with Crippen LogP contribution < -0.4 is 10.2 Å². The van der Waals surface area contributed by atoms with Gasteiger partial charge in [0.2, 0.25) is 5.91 Å². The van der Waals surface area contributed by atoms with Crippen LogP contribution in [0.1, 0.15) is 29.5 Å². The molecule has 5 heteroatoms. The fourth-order valence-corrected chi connectivity index (χ4v) is 3.65. The number of carbonyl (C=O) groups excluding carboxylic acids is 1. The van der Waals surface area contributed by atoms with Gasteiger partial charge in [-0.2, -0.15) is 0 Å². The summed E-state index contributed by atoms with van der Waals surface area (Å²) in [6.45, 7) is 3.93. The largest absolute Gasteiger partial charge is 0.348 e. The highest BCUT2D eigenvalue weighted by atomic mass is 79.9. The lowest BCUT2D eigenvalue weighted by Gasteiger charge is -2.15. The maximum absolute atomic E-state index is 13.7. The fourth-order valence-electron chi connectivity index (χ4n) is 3.27. The Hall–Kier alpha value is -1.98. The Balaban J connectivity index is 1.59. The number of rotatable bonds is 6. The van der Waals surface area contributed by atoms with Gasteiger partial charge in [0.1, 0.15) is 12.4 Å². The predicted molar refractivity (Wildman–Crippen MR) is 105 cm³/mol. The zero-order chi connectivity index (χ0) is 18.4. The van der Waals surface area contributed by atoms with Crippen molar-refractivity contribution < 1.29 is 14.1 Å². The van der Waals surface area contributed by atoms with Gasteiger partial charge in [-0.1, -0.05) is 40.2 Å². The highest BCUT2D eigenvalue weighted by molar-refractivity contribution is 9.10. The Bertz CT molecular complexity index is 800. The summed E-state index contributed by atoms with van der Waals surface area (Å²) in [4.78, 5) is 13.7. The Kier molecular flexibility index (Phi) is 6.58. The highest BCUT2D eigenvalue weighted by Crippen LogP contribution is 2.16. The first-order valence-corrected chi connectivity index (χ1v) is 9.72. The van der Waals surface area contributed by atoms with Crippen molar-refractivity contribution in [2.45, 2.75) is 25.9 Å². The second-order valence-electron chi connectivity index (χ2n) is 6.62. The zero-order valence-electron chi connectivity index (χ0n) is 14.6. The van der Waals surface area contributed by atoms with E-state index in [0.717, 1.165) is 16.6 Å². The molecule has 1 aliphatic rings. The number of hydrogen-bond donors (Lipinski definition) is 2. The van der Waals surface area contributed by atoms with Crippen LogP contribution in [0.3, 0.4) is 0 Å². The highest BCUT2D eigenvalue weighted by Gasteiger charge is 2.17. The molecule has 0 spiro atoms. The molecule has 3 rings (SSSR count). The summed E-state index contributed by atoms with van der Waals surface area (Å²) in [5, 5.41) is 2.90. The van der Waals surface area contributed by atoms with Crippen LogP contribution in [0.5, 0.6) is 0 Å². The van der Waals surface area contributed by atoms with E-state index in [1.807, 2.05) is 12.1 Å². The van der Waals surface area contributed by atoms with Gasteiger partial charge in [0, 0.05) is 41.1 Å². The average Bonchev–Trinajstić information content (AvgIpc) is 3.15. The Labute approximate surface area is 162 Å². The van der Waals surface area contributed by atoms with Crippen LogP contribution in [-0.4, -0.2) is 19.0 Å². The first kappa shape index (κ1) is 18.8. The molecule has 1 fully saturated rings. The minimum absolute atomic E-state index is 0.229. The molecule has 0 saturated carbocycles. The molecule has 0 aliphatic carbocycles. The quantitative estimate of drug-likeness (QED) is 0.695. The summed E-state index contributed by atoms with van der Waals surface area (Å²) in [5.74, 6) is -0.580. The van der Waals surface area contributed by atoms with Crippen molar-refractivity contribution >= 4 is 27.9 Å². The smallest absolute Gasteiger partial charge is 0.244 e. The number of likely N-dealkylation sites (tertiary alicyclic amines) is 1. The summed E-state index contributed by atoms with van der Waals surface area (Å²) in [7, 11) is 0. The van der Waals surface area contributed by atoms with Gasteiger partial charge in [-0.05, 0) is 29.8 Å². The Morgan fingerprint density at radius 3 is 2.65 bits per heavy atom. The van der Waals surface area contributed by atoms with Crippen molar-refractivity contribution in [3.63, 3.8) is 0 Å². The topological polar surface area (TPSA) is 33.5 Å². The van der Waals surface area contributed by atoms with Crippen LogP contribution in [-0.2, 0) is 17.9 Å². The van der Waals surface area contributed by atoms with Crippen molar-refractivity contribution in [2.75, 3.05) is 13.1 Å². The lowest BCUT2D eigenvalue weighted by atomic mass is 10.1. The third-order valence-electron chi connectivity index (χ3n) is 4.69. The van der Waals surface area contributed by atoms with Gasteiger partial charge in [0.05, 0.1) is 13.1 Å². The maximum Gasteiger partial charge on any atom is 0.244 e. The molecule has 26 heavy (non-hydrogen) atoms. The van der Waals surface area contributed by atoms with Crippen LogP contribution >= 0.6 is 15.9 Å². The monoisotopic (exact) mass is 417 g/mol. The summed E-state index contributed by atoms with van der Waals surface area (Å²) in [6.07, 6.45) is 5.46. The predicted octanol–water partition coefficient (Wildman–Crippen LogP) is 3.10. The van der Waals surface area contributed by atoms with Crippen LogP contribution in [0.15, 0.2) is 53.0 Å². The lowest BCUT2D eigenvalue weighted by Crippen LogP contribution is -3.08. The van der Waals surface area contributed by atoms with E-state index in [2.05, 4.69) is 33.4 Å². The summed E-state index contributed by atoms with van der Waals surface area (Å²) in [6, 6.07) is 12.9. The Morgan fingerprint density at radius 2 is 1.88 bits per heavy atom. The van der Waals surface area contributed by atoms with Crippen molar-refractivity contribution in [1.29, 1.82) is 0 Å². The molecule has 1 aliphatic heterocycles. The van der Waals surface area contributed by atoms with E-state index >= 15 is 0 Å². The van der Waals surface area contributed by atoms with Crippen molar-refractivity contribution in [3.8, 4) is 0 Å². The number of nitrogens with one attached hydrogen (secondary N) is 2. The first-order valence-electron chi connectivity index (χ1n) is 8.93.